The van der Waals surface area contributed by atoms with Gasteiger partial charge in [-0.3, -0.25) is 0 Å². The van der Waals surface area contributed by atoms with Crippen LogP contribution in [0.4, 0.5) is 0 Å². The van der Waals surface area contributed by atoms with Gasteiger partial charge in [-0.25, -0.2) is 4.57 Å². The van der Waals surface area contributed by atoms with E-state index in [1.165, 1.54) is 95.5 Å². The van der Waals surface area contributed by atoms with Crippen molar-refractivity contribution in [3.8, 4) is 0 Å². The number of hydrogen-bond acceptors (Lipinski definition) is 1. The number of aromatic nitrogens is 1. The summed E-state index contributed by atoms with van der Waals surface area (Å²) in [6.45, 7) is 3.79. The van der Waals surface area contributed by atoms with Crippen LogP contribution in [0.25, 0.3) is 0 Å². The molecule has 2 heteroatoms. The van der Waals surface area contributed by atoms with E-state index in [4.69, 9.17) is 5.11 Å². The highest BCUT2D eigenvalue weighted by Crippen LogP contribution is 2.10. The number of nitrogens with zero attached hydrogens (tertiary/aromatic N) is 1. The first-order chi connectivity index (χ1) is 12.4. The molecule has 0 saturated carbocycles. The molecule has 0 fully saturated rings. The topological polar surface area (TPSA) is 24.1 Å². The zero-order valence-corrected chi connectivity index (χ0v) is 16.7. The van der Waals surface area contributed by atoms with Gasteiger partial charge in [0.2, 0.25) is 0 Å². The molecule has 0 aromatic carbocycles. The quantitative estimate of drug-likeness (QED) is 0.271. The van der Waals surface area contributed by atoms with E-state index >= 15 is 0 Å². The van der Waals surface area contributed by atoms with Crippen LogP contribution in [-0.4, -0.2) is 11.7 Å². The molecule has 1 aromatic rings. The number of pyridine rings is 1. The SMILES string of the molecule is CCCCCCCCc1cc[n+](CCCCCCCCCCO)cc1. The minimum absolute atomic E-state index is 0.356. The van der Waals surface area contributed by atoms with Gasteiger partial charge < -0.3 is 5.11 Å². The second kappa shape index (κ2) is 16.6. The second-order valence-corrected chi connectivity index (χ2v) is 7.51. The maximum atomic E-state index is 8.74. The standard InChI is InChI=1S/C23H42NO/c1-2-3-4-5-10-13-16-23-17-20-24(21-18-23)19-14-11-8-6-7-9-12-15-22-25/h17-18,20-21,25H,2-16,19,22H2,1H3/q+1. The lowest BCUT2D eigenvalue weighted by molar-refractivity contribution is -0.697. The van der Waals surface area contributed by atoms with Gasteiger partial charge in [0.25, 0.3) is 0 Å². The highest BCUT2D eigenvalue weighted by molar-refractivity contribution is 5.07. The zero-order chi connectivity index (χ0) is 18.0. The van der Waals surface area contributed by atoms with Crippen LogP contribution in [0.2, 0.25) is 0 Å². The number of hydrogen-bond donors (Lipinski definition) is 1. The number of aliphatic hydroxyl groups is 1. The average Bonchev–Trinajstić information content (AvgIpc) is 2.64. The molecule has 0 aliphatic rings. The van der Waals surface area contributed by atoms with Gasteiger partial charge in [0.1, 0.15) is 6.54 Å². The summed E-state index contributed by atoms with van der Waals surface area (Å²) in [6.07, 6.45) is 24.2. The van der Waals surface area contributed by atoms with Gasteiger partial charge in [0.05, 0.1) is 0 Å². The maximum Gasteiger partial charge on any atom is 0.169 e. The van der Waals surface area contributed by atoms with Gasteiger partial charge >= 0.3 is 0 Å². The largest absolute Gasteiger partial charge is 0.396 e. The van der Waals surface area contributed by atoms with Crippen molar-refractivity contribution in [1.29, 1.82) is 0 Å². The van der Waals surface area contributed by atoms with Crippen molar-refractivity contribution in [3.05, 3.63) is 30.1 Å². The predicted molar refractivity (Wildman–Crippen MR) is 108 cm³/mol. The molecule has 1 rings (SSSR count). The Hall–Kier alpha value is -0.890. The Morgan fingerprint density at radius 2 is 1.20 bits per heavy atom. The van der Waals surface area contributed by atoms with E-state index in [1.807, 2.05) is 0 Å². The molecule has 0 radical (unpaired) electrons. The van der Waals surface area contributed by atoms with Gasteiger partial charge in [0.15, 0.2) is 12.4 Å². The molecule has 0 saturated heterocycles. The third kappa shape index (κ3) is 13.0. The fourth-order valence-corrected chi connectivity index (χ4v) is 3.38. The minimum atomic E-state index is 0.356. The first-order valence-corrected chi connectivity index (χ1v) is 11.0. The Kier molecular flexibility index (Phi) is 14.7. The van der Waals surface area contributed by atoms with Crippen molar-refractivity contribution >= 4 is 0 Å². The minimum Gasteiger partial charge on any atom is -0.396 e. The molecule has 0 spiro atoms. The Morgan fingerprint density at radius 3 is 1.80 bits per heavy atom. The smallest absolute Gasteiger partial charge is 0.169 e. The second-order valence-electron chi connectivity index (χ2n) is 7.51. The summed E-state index contributed by atoms with van der Waals surface area (Å²) in [5, 5.41) is 8.74. The summed E-state index contributed by atoms with van der Waals surface area (Å²) in [4.78, 5) is 0. The van der Waals surface area contributed by atoms with Crippen LogP contribution in [-0.2, 0) is 13.0 Å². The van der Waals surface area contributed by atoms with E-state index in [9.17, 15) is 0 Å². The zero-order valence-electron chi connectivity index (χ0n) is 16.7. The van der Waals surface area contributed by atoms with Crippen LogP contribution in [0.3, 0.4) is 0 Å². The molecule has 25 heavy (non-hydrogen) atoms. The van der Waals surface area contributed by atoms with Gasteiger partial charge in [-0.15, -0.1) is 0 Å². The molecule has 144 valence electrons. The van der Waals surface area contributed by atoms with Crippen LogP contribution in [0.1, 0.15) is 102 Å². The van der Waals surface area contributed by atoms with Crippen molar-refractivity contribution < 1.29 is 9.67 Å². The Labute approximate surface area is 156 Å². The van der Waals surface area contributed by atoms with Crippen LogP contribution in [0.5, 0.6) is 0 Å². The van der Waals surface area contributed by atoms with E-state index in [1.54, 1.807) is 0 Å². The lowest BCUT2D eigenvalue weighted by Crippen LogP contribution is -2.32. The van der Waals surface area contributed by atoms with E-state index in [-0.39, 0.29) is 0 Å². The van der Waals surface area contributed by atoms with Crippen LogP contribution in [0, 0.1) is 0 Å². The fourth-order valence-electron chi connectivity index (χ4n) is 3.38. The lowest BCUT2D eigenvalue weighted by Gasteiger charge is -2.03. The van der Waals surface area contributed by atoms with Crippen molar-refractivity contribution in [3.63, 3.8) is 0 Å². The highest BCUT2D eigenvalue weighted by Gasteiger charge is 2.01. The average molecular weight is 349 g/mol. The summed E-state index contributed by atoms with van der Waals surface area (Å²) in [6, 6.07) is 4.63. The Bertz CT molecular complexity index is 388. The van der Waals surface area contributed by atoms with Gasteiger partial charge in [0, 0.05) is 25.2 Å². The normalized spacial score (nSPS) is 11.1. The third-order valence-electron chi connectivity index (χ3n) is 5.10. The number of aliphatic hydroxyl groups excluding tert-OH is 1. The van der Waals surface area contributed by atoms with E-state index in [2.05, 4.69) is 36.0 Å². The number of aryl methyl sites for hydroxylation is 2. The van der Waals surface area contributed by atoms with Gasteiger partial charge in [-0.05, 0) is 31.2 Å². The molecule has 0 atom stereocenters. The summed E-state index contributed by atoms with van der Waals surface area (Å²) in [5.41, 5.74) is 1.50. The fraction of sp³-hybridized carbons (Fsp3) is 0.783. The van der Waals surface area contributed by atoms with Gasteiger partial charge in [-0.2, -0.15) is 0 Å². The summed E-state index contributed by atoms with van der Waals surface area (Å²) in [7, 11) is 0. The molecule has 0 aliphatic carbocycles. The van der Waals surface area contributed by atoms with Crippen molar-refractivity contribution in [1.82, 2.24) is 0 Å². The highest BCUT2D eigenvalue weighted by atomic mass is 16.2. The molecule has 1 heterocycles. The van der Waals surface area contributed by atoms with Crippen molar-refractivity contribution in [2.75, 3.05) is 6.61 Å². The maximum absolute atomic E-state index is 8.74. The third-order valence-corrected chi connectivity index (χ3v) is 5.10. The predicted octanol–water partition coefficient (Wildman–Crippen LogP) is 5.99. The molecule has 2 nitrogen and oxygen atoms in total. The van der Waals surface area contributed by atoms with E-state index in [0.29, 0.717) is 6.61 Å². The Morgan fingerprint density at radius 1 is 0.680 bits per heavy atom. The number of rotatable bonds is 17. The lowest BCUT2D eigenvalue weighted by atomic mass is 10.1. The Balaban J connectivity index is 1.99. The first kappa shape index (κ1) is 22.2. The van der Waals surface area contributed by atoms with Crippen molar-refractivity contribution in [2.24, 2.45) is 0 Å². The molecule has 0 amide bonds. The molecule has 1 N–H and O–H groups in total. The molecule has 1 aromatic heterocycles. The summed E-state index contributed by atoms with van der Waals surface area (Å²) in [5.74, 6) is 0. The van der Waals surface area contributed by atoms with Crippen molar-refractivity contribution in [2.45, 2.75) is 110 Å². The molecule has 0 aliphatic heterocycles. The first-order valence-electron chi connectivity index (χ1n) is 11.0. The monoisotopic (exact) mass is 348 g/mol. The molecule has 0 bridgehead atoms. The van der Waals surface area contributed by atoms with E-state index < -0.39 is 0 Å². The molecular formula is C23H42NO+. The van der Waals surface area contributed by atoms with Crippen LogP contribution in [0.15, 0.2) is 24.5 Å². The summed E-state index contributed by atoms with van der Waals surface area (Å²) >= 11 is 0. The number of unbranched alkanes of at least 4 members (excludes halogenated alkanes) is 12. The van der Waals surface area contributed by atoms with Crippen LogP contribution < -0.4 is 4.57 Å². The molecule has 0 unspecified atom stereocenters. The van der Waals surface area contributed by atoms with Crippen LogP contribution >= 0.6 is 0 Å². The van der Waals surface area contributed by atoms with E-state index in [0.717, 1.165) is 13.0 Å². The van der Waals surface area contributed by atoms with Gasteiger partial charge in [-0.1, -0.05) is 71.1 Å². The molecular weight excluding hydrogens is 306 g/mol. The summed E-state index contributed by atoms with van der Waals surface area (Å²) < 4.78 is 2.34.